The maximum absolute atomic E-state index is 13.4. The van der Waals surface area contributed by atoms with Gasteiger partial charge in [0.05, 0.1) is 17.1 Å². The third kappa shape index (κ3) is 5.00. The lowest BCUT2D eigenvalue weighted by Gasteiger charge is -2.28. The van der Waals surface area contributed by atoms with Crippen molar-refractivity contribution < 1.29 is 24.0 Å². The summed E-state index contributed by atoms with van der Waals surface area (Å²) in [5.41, 5.74) is 0.0740. The molecule has 0 spiro atoms. The second-order valence-electron chi connectivity index (χ2n) is 6.82. The SMILES string of the molecule is CCOC(=O)c1ccc(N(CN2CCCC2=O)C(=O)c2cc(Cl)ccc2[N+](=O)[O-])cc1. The number of ether oxygens (including phenoxy) is 1. The van der Waals surface area contributed by atoms with Gasteiger partial charge in [0.2, 0.25) is 5.91 Å². The number of likely N-dealkylation sites (tertiary alicyclic amines) is 1. The number of rotatable bonds is 7. The van der Waals surface area contributed by atoms with E-state index in [-0.39, 0.29) is 29.8 Å². The van der Waals surface area contributed by atoms with E-state index in [9.17, 15) is 24.5 Å². The highest BCUT2D eigenvalue weighted by Gasteiger charge is 2.30. The number of hydrogen-bond acceptors (Lipinski definition) is 6. The molecule has 1 aliphatic heterocycles. The fourth-order valence-corrected chi connectivity index (χ4v) is 3.44. The van der Waals surface area contributed by atoms with E-state index in [4.69, 9.17) is 16.3 Å². The van der Waals surface area contributed by atoms with Gasteiger partial charge in [-0.15, -0.1) is 0 Å². The molecule has 9 nitrogen and oxygen atoms in total. The highest BCUT2D eigenvalue weighted by atomic mass is 35.5. The lowest BCUT2D eigenvalue weighted by molar-refractivity contribution is -0.385. The molecule has 162 valence electrons. The monoisotopic (exact) mass is 445 g/mol. The maximum Gasteiger partial charge on any atom is 0.338 e. The number of carbonyl (C=O) groups excluding carboxylic acids is 3. The van der Waals surface area contributed by atoms with E-state index in [1.165, 1.54) is 52.3 Å². The Balaban J connectivity index is 2.00. The van der Waals surface area contributed by atoms with E-state index in [0.717, 1.165) is 0 Å². The Morgan fingerprint density at radius 1 is 1.23 bits per heavy atom. The van der Waals surface area contributed by atoms with Crippen molar-refractivity contribution in [1.29, 1.82) is 0 Å². The zero-order chi connectivity index (χ0) is 22.5. The third-order valence-electron chi connectivity index (χ3n) is 4.80. The second-order valence-corrected chi connectivity index (χ2v) is 7.26. The zero-order valence-electron chi connectivity index (χ0n) is 16.7. The molecule has 0 bridgehead atoms. The molecule has 0 aliphatic carbocycles. The number of nitrogens with zero attached hydrogens (tertiary/aromatic N) is 3. The van der Waals surface area contributed by atoms with Crippen LogP contribution in [0.5, 0.6) is 0 Å². The van der Waals surface area contributed by atoms with Crippen LogP contribution < -0.4 is 4.90 Å². The summed E-state index contributed by atoms with van der Waals surface area (Å²) in [6.07, 6.45) is 1.04. The molecular weight excluding hydrogens is 426 g/mol. The van der Waals surface area contributed by atoms with Gasteiger partial charge in [-0.25, -0.2) is 4.79 Å². The molecule has 0 saturated carbocycles. The van der Waals surface area contributed by atoms with Crippen molar-refractivity contribution in [3.63, 3.8) is 0 Å². The summed E-state index contributed by atoms with van der Waals surface area (Å²) in [5.74, 6) is -1.30. The van der Waals surface area contributed by atoms with Crippen LogP contribution in [0.2, 0.25) is 5.02 Å². The van der Waals surface area contributed by atoms with E-state index in [0.29, 0.717) is 30.6 Å². The number of halogens is 1. The van der Waals surface area contributed by atoms with Gasteiger partial charge in [0.1, 0.15) is 12.2 Å². The first-order valence-corrected chi connectivity index (χ1v) is 10.0. The molecule has 2 aromatic rings. The molecule has 2 amide bonds. The van der Waals surface area contributed by atoms with Crippen LogP contribution in [0, 0.1) is 10.1 Å². The second kappa shape index (κ2) is 9.57. The van der Waals surface area contributed by atoms with Gasteiger partial charge in [-0.3, -0.25) is 24.6 Å². The first-order valence-electron chi connectivity index (χ1n) is 9.62. The van der Waals surface area contributed by atoms with Gasteiger partial charge in [-0.2, -0.15) is 0 Å². The van der Waals surface area contributed by atoms with Crippen molar-refractivity contribution in [2.45, 2.75) is 19.8 Å². The van der Waals surface area contributed by atoms with Crippen LogP contribution in [0.15, 0.2) is 42.5 Å². The third-order valence-corrected chi connectivity index (χ3v) is 5.04. The molecule has 10 heteroatoms. The number of esters is 1. The summed E-state index contributed by atoms with van der Waals surface area (Å²) in [5, 5.41) is 11.6. The Hall–Kier alpha value is -3.46. The van der Waals surface area contributed by atoms with Crippen molar-refractivity contribution in [2.24, 2.45) is 0 Å². The maximum atomic E-state index is 13.4. The van der Waals surface area contributed by atoms with Crippen molar-refractivity contribution in [2.75, 3.05) is 24.7 Å². The van der Waals surface area contributed by atoms with E-state index in [1.807, 2.05) is 0 Å². The minimum absolute atomic E-state index is 0.0832. The predicted molar refractivity (Wildman–Crippen MR) is 113 cm³/mol. The van der Waals surface area contributed by atoms with Crippen LogP contribution in [0.1, 0.15) is 40.5 Å². The summed E-state index contributed by atoms with van der Waals surface area (Å²) < 4.78 is 4.96. The average Bonchev–Trinajstić information content (AvgIpc) is 3.16. The Morgan fingerprint density at radius 2 is 1.94 bits per heavy atom. The molecule has 1 heterocycles. The lowest BCUT2D eigenvalue weighted by Crippen LogP contribution is -2.42. The molecule has 1 fully saturated rings. The summed E-state index contributed by atoms with van der Waals surface area (Å²) in [4.78, 5) is 51.0. The Bertz CT molecular complexity index is 1020. The van der Waals surface area contributed by atoms with E-state index in [2.05, 4.69) is 0 Å². The van der Waals surface area contributed by atoms with Crippen molar-refractivity contribution in [3.8, 4) is 0 Å². The number of carbonyl (C=O) groups is 3. The van der Waals surface area contributed by atoms with E-state index < -0.39 is 22.5 Å². The molecule has 1 aliphatic rings. The van der Waals surface area contributed by atoms with Gasteiger partial charge in [-0.1, -0.05) is 11.6 Å². The minimum Gasteiger partial charge on any atom is -0.462 e. The van der Waals surface area contributed by atoms with E-state index in [1.54, 1.807) is 6.92 Å². The van der Waals surface area contributed by atoms with Gasteiger partial charge in [0.15, 0.2) is 0 Å². The van der Waals surface area contributed by atoms with Crippen LogP contribution in [-0.2, 0) is 9.53 Å². The van der Waals surface area contributed by atoms with Gasteiger partial charge in [0.25, 0.3) is 11.6 Å². The molecular formula is C21H20ClN3O6. The fraction of sp³-hybridized carbons (Fsp3) is 0.286. The van der Waals surface area contributed by atoms with Crippen LogP contribution in [0.25, 0.3) is 0 Å². The number of nitro groups is 1. The standard InChI is InChI=1S/C21H20ClN3O6/c1-2-31-21(28)14-5-8-16(9-6-14)24(13-23-11-3-4-19(23)26)20(27)17-12-15(22)7-10-18(17)25(29)30/h5-10,12H,2-4,11,13H2,1H3. The number of benzene rings is 2. The van der Waals surface area contributed by atoms with Gasteiger partial charge in [-0.05, 0) is 49.7 Å². The van der Waals surface area contributed by atoms with Crippen LogP contribution in [0.3, 0.4) is 0 Å². The Labute approximate surface area is 183 Å². The number of hydrogen-bond donors (Lipinski definition) is 0. The van der Waals surface area contributed by atoms with Crippen LogP contribution in [0.4, 0.5) is 11.4 Å². The molecule has 0 N–H and O–H groups in total. The molecule has 1 saturated heterocycles. The summed E-state index contributed by atoms with van der Waals surface area (Å²) in [6.45, 7) is 2.31. The molecule has 0 unspecified atom stereocenters. The largest absolute Gasteiger partial charge is 0.462 e. The molecule has 2 aromatic carbocycles. The van der Waals surface area contributed by atoms with Crippen LogP contribution in [-0.4, -0.2) is 47.4 Å². The van der Waals surface area contributed by atoms with Crippen molar-refractivity contribution in [3.05, 3.63) is 68.7 Å². The minimum atomic E-state index is -0.683. The van der Waals surface area contributed by atoms with E-state index >= 15 is 0 Å². The highest BCUT2D eigenvalue weighted by Crippen LogP contribution is 2.27. The predicted octanol–water partition coefficient (Wildman–Crippen LogP) is 3.65. The summed E-state index contributed by atoms with van der Waals surface area (Å²) in [7, 11) is 0. The number of nitro benzene ring substituents is 1. The molecule has 31 heavy (non-hydrogen) atoms. The quantitative estimate of drug-likeness (QED) is 0.365. The molecule has 0 aromatic heterocycles. The zero-order valence-corrected chi connectivity index (χ0v) is 17.5. The van der Waals surface area contributed by atoms with Crippen LogP contribution >= 0.6 is 11.6 Å². The average molecular weight is 446 g/mol. The Kier molecular flexibility index (Phi) is 6.86. The summed E-state index contributed by atoms with van der Waals surface area (Å²) >= 11 is 5.99. The van der Waals surface area contributed by atoms with Crippen molar-refractivity contribution >= 4 is 40.8 Å². The normalized spacial score (nSPS) is 13.2. The first kappa shape index (κ1) is 22.2. The first-order chi connectivity index (χ1) is 14.8. The topological polar surface area (TPSA) is 110 Å². The van der Waals surface area contributed by atoms with Gasteiger partial charge < -0.3 is 9.64 Å². The molecule has 0 radical (unpaired) electrons. The van der Waals surface area contributed by atoms with Gasteiger partial charge in [0, 0.05) is 29.7 Å². The van der Waals surface area contributed by atoms with Gasteiger partial charge >= 0.3 is 5.97 Å². The molecule has 3 rings (SSSR count). The fourth-order valence-electron chi connectivity index (χ4n) is 3.26. The molecule has 0 atom stereocenters. The smallest absolute Gasteiger partial charge is 0.338 e. The Morgan fingerprint density at radius 3 is 2.52 bits per heavy atom. The lowest BCUT2D eigenvalue weighted by atomic mass is 10.1. The van der Waals surface area contributed by atoms with Crippen molar-refractivity contribution in [1.82, 2.24) is 4.90 Å². The summed E-state index contributed by atoms with van der Waals surface area (Å²) in [6, 6.07) is 9.77. The number of anilines is 1. The highest BCUT2D eigenvalue weighted by molar-refractivity contribution is 6.31. The number of amides is 2.